The van der Waals surface area contributed by atoms with Gasteiger partial charge < -0.3 is 10.2 Å². The lowest BCUT2D eigenvalue weighted by Gasteiger charge is -2.19. The van der Waals surface area contributed by atoms with Crippen LogP contribution < -0.4 is 10.2 Å². The van der Waals surface area contributed by atoms with E-state index in [1.54, 1.807) is 6.20 Å². The molecule has 0 unspecified atom stereocenters. The van der Waals surface area contributed by atoms with Crippen molar-refractivity contribution in [3.05, 3.63) is 53.9 Å². The van der Waals surface area contributed by atoms with Crippen molar-refractivity contribution in [2.75, 3.05) is 18.0 Å². The Morgan fingerprint density at radius 1 is 1.32 bits per heavy atom. The third-order valence-electron chi connectivity index (χ3n) is 3.99. The molecule has 1 aliphatic heterocycles. The average Bonchev–Trinajstić information content (AvgIpc) is 2.99. The topological polar surface area (TPSA) is 45.2 Å². The molecular formula is C18H21N3O. The van der Waals surface area contributed by atoms with Gasteiger partial charge in [0.2, 0.25) is 0 Å². The molecule has 0 bridgehead atoms. The second-order valence-corrected chi connectivity index (χ2v) is 5.54. The molecule has 0 saturated heterocycles. The van der Waals surface area contributed by atoms with Gasteiger partial charge in [-0.2, -0.15) is 0 Å². The van der Waals surface area contributed by atoms with Crippen LogP contribution in [0.2, 0.25) is 0 Å². The highest BCUT2D eigenvalue weighted by molar-refractivity contribution is 5.93. The fourth-order valence-electron chi connectivity index (χ4n) is 2.79. The van der Waals surface area contributed by atoms with Crippen LogP contribution in [0.3, 0.4) is 0 Å². The van der Waals surface area contributed by atoms with Crippen LogP contribution in [0.15, 0.2) is 42.6 Å². The van der Waals surface area contributed by atoms with Crippen molar-refractivity contribution in [2.24, 2.45) is 0 Å². The Morgan fingerprint density at radius 2 is 2.18 bits per heavy atom. The number of fused-ring (bicyclic) bond motifs is 1. The minimum Gasteiger partial charge on any atom is -0.351 e. The fraction of sp³-hybridized carbons (Fsp3) is 0.333. The summed E-state index contributed by atoms with van der Waals surface area (Å²) in [7, 11) is 0. The van der Waals surface area contributed by atoms with Gasteiger partial charge in [0, 0.05) is 30.7 Å². The Morgan fingerprint density at radius 3 is 3.05 bits per heavy atom. The number of nitrogens with one attached hydrogen (secondary N) is 1. The smallest absolute Gasteiger partial charge is 0.269 e. The van der Waals surface area contributed by atoms with Gasteiger partial charge in [-0.3, -0.25) is 9.78 Å². The molecule has 2 heterocycles. The molecule has 114 valence electrons. The normalized spacial score (nSPS) is 13.0. The number of para-hydroxylation sites is 1. The molecule has 4 nitrogen and oxygen atoms in total. The summed E-state index contributed by atoms with van der Waals surface area (Å²) in [5.41, 5.74) is 4.10. The lowest BCUT2D eigenvalue weighted by atomic mass is 10.2. The highest BCUT2D eigenvalue weighted by Gasteiger charge is 2.20. The molecule has 4 heteroatoms. The van der Waals surface area contributed by atoms with Gasteiger partial charge in [-0.05, 0) is 36.6 Å². The number of aromatic nitrogens is 1. The number of anilines is 2. The number of pyridine rings is 1. The maximum absolute atomic E-state index is 12.1. The standard InChI is InChI=1S/C18H21N3O/c1-2-3-10-20-18(22)16-13-15(8-11-19-16)21-12-9-14-6-4-5-7-17(14)21/h4-8,11,13H,2-3,9-10,12H2,1H3,(H,20,22). The summed E-state index contributed by atoms with van der Waals surface area (Å²) in [5.74, 6) is -0.0946. The largest absolute Gasteiger partial charge is 0.351 e. The van der Waals surface area contributed by atoms with Gasteiger partial charge in [0.25, 0.3) is 5.91 Å². The van der Waals surface area contributed by atoms with E-state index in [1.165, 1.54) is 11.3 Å². The molecule has 0 saturated carbocycles. The lowest BCUT2D eigenvalue weighted by Crippen LogP contribution is -2.25. The summed E-state index contributed by atoms with van der Waals surface area (Å²) < 4.78 is 0. The van der Waals surface area contributed by atoms with E-state index < -0.39 is 0 Å². The second-order valence-electron chi connectivity index (χ2n) is 5.54. The predicted octanol–water partition coefficient (Wildman–Crippen LogP) is 3.31. The van der Waals surface area contributed by atoms with Gasteiger partial charge in [0.05, 0.1) is 0 Å². The Labute approximate surface area is 131 Å². The number of carbonyl (C=O) groups excluding carboxylic acids is 1. The first-order valence-corrected chi connectivity index (χ1v) is 7.89. The van der Waals surface area contributed by atoms with Crippen LogP contribution in [-0.2, 0) is 6.42 Å². The molecule has 2 aromatic rings. The van der Waals surface area contributed by atoms with E-state index in [1.807, 2.05) is 12.1 Å². The van der Waals surface area contributed by atoms with Crippen molar-refractivity contribution in [3.8, 4) is 0 Å². The molecule has 3 rings (SSSR count). The van der Waals surface area contributed by atoms with Crippen LogP contribution in [-0.4, -0.2) is 24.0 Å². The zero-order valence-electron chi connectivity index (χ0n) is 12.9. The second kappa shape index (κ2) is 6.60. The van der Waals surface area contributed by atoms with Crippen molar-refractivity contribution >= 4 is 17.3 Å². The third kappa shape index (κ3) is 2.96. The number of unbranched alkanes of at least 4 members (excludes halogenated alkanes) is 1. The third-order valence-corrected chi connectivity index (χ3v) is 3.99. The molecule has 1 aliphatic rings. The molecule has 0 spiro atoms. The van der Waals surface area contributed by atoms with Gasteiger partial charge in [-0.25, -0.2) is 0 Å². The van der Waals surface area contributed by atoms with Gasteiger partial charge in [-0.1, -0.05) is 31.5 Å². The van der Waals surface area contributed by atoms with Gasteiger partial charge in [0.1, 0.15) is 5.69 Å². The van der Waals surface area contributed by atoms with Crippen molar-refractivity contribution in [2.45, 2.75) is 26.2 Å². The molecular weight excluding hydrogens is 274 g/mol. The van der Waals surface area contributed by atoms with Crippen molar-refractivity contribution in [1.82, 2.24) is 10.3 Å². The summed E-state index contributed by atoms with van der Waals surface area (Å²) in [6.07, 6.45) is 4.81. The molecule has 0 fully saturated rings. The minimum absolute atomic E-state index is 0.0946. The monoisotopic (exact) mass is 295 g/mol. The Bertz CT molecular complexity index is 669. The highest BCUT2D eigenvalue weighted by Crippen LogP contribution is 2.34. The molecule has 0 aliphatic carbocycles. The molecule has 1 amide bonds. The number of hydrogen-bond donors (Lipinski definition) is 1. The van der Waals surface area contributed by atoms with Crippen molar-refractivity contribution < 1.29 is 4.79 Å². The lowest BCUT2D eigenvalue weighted by molar-refractivity contribution is 0.0948. The summed E-state index contributed by atoms with van der Waals surface area (Å²) in [5, 5.41) is 2.92. The zero-order chi connectivity index (χ0) is 15.4. The van der Waals surface area contributed by atoms with E-state index in [4.69, 9.17) is 0 Å². The number of benzene rings is 1. The predicted molar refractivity (Wildman–Crippen MR) is 88.6 cm³/mol. The number of nitrogens with zero attached hydrogens (tertiary/aromatic N) is 2. The number of carbonyl (C=O) groups is 1. The van der Waals surface area contributed by atoms with Crippen LogP contribution in [0, 0.1) is 0 Å². The summed E-state index contributed by atoms with van der Waals surface area (Å²) >= 11 is 0. The first-order chi connectivity index (χ1) is 10.8. The maximum atomic E-state index is 12.1. The SMILES string of the molecule is CCCCNC(=O)c1cc(N2CCc3ccccc32)ccn1. The van der Waals surface area contributed by atoms with Gasteiger partial charge >= 0.3 is 0 Å². The number of rotatable bonds is 5. The van der Waals surface area contributed by atoms with E-state index in [0.717, 1.165) is 31.5 Å². The number of hydrogen-bond acceptors (Lipinski definition) is 3. The summed E-state index contributed by atoms with van der Waals surface area (Å²) in [4.78, 5) is 18.6. The molecule has 0 radical (unpaired) electrons. The molecule has 0 atom stereocenters. The van der Waals surface area contributed by atoms with E-state index >= 15 is 0 Å². The summed E-state index contributed by atoms with van der Waals surface area (Å²) in [6, 6.07) is 12.3. The van der Waals surface area contributed by atoms with Crippen LogP contribution in [0.1, 0.15) is 35.8 Å². The van der Waals surface area contributed by atoms with E-state index in [9.17, 15) is 4.79 Å². The summed E-state index contributed by atoms with van der Waals surface area (Å²) in [6.45, 7) is 3.75. The Hall–Kier alpha value is -2.36. The first kappa shape index (κ1) is 14.6. The molecule has 22 heavy (non-hydrogen) atoms. The highest BCUT2D eigenvalue weighted by atomic mass is 16.1. The van der Waals surface area contributed by atoms with E-state index in [-0.39, 0.29) is 5.91 Å². The Balaban J connectivity index is 1.79. The fourth-order valence-corrected chi connectivity index (χ4v) is 2.79. The first-order valence-electron chi connectivity index (χ1n) is 7.89. The zero-order valence-corrected chi connectivity index (χ0v) is 12.9. The quantitative estimate of drug-likeness (QED) is 0.861. The van der Waals surface area contributed by atoms with Crippen LogP contribution in [0.4, 0.5) is 11.4 Å². The molecule has 1 aromatic heterocycles. The average molecular weight is 295 g/mol. The van der Waals surface area contributed by atoms with Gasteiger partial charge in [-0.15, -0.1) is 0 Å². The van der Waals surface area contributed by atoms with Gasteiger partial charge in [0.15, 0.2) is 0 Å². The van der Waals surface area contributed by atoms with Crippen molar-refractivity contribution in [1.29, 1.82) is 0 Å². The number of amides is 1. The van der Waals surface area contributed by atoms with Crippen molar-refractivity contribution in [3.63, 3.8) is 0 Å². The van der Waals surface area contributed by atoms with E-state index in [0.29, 0.717) is 12.2 Å². The Kier molecular flexibility index (Phi) is 4.37. The molecule has 1 N–H and O–H groups in total. The van der Waals surface area contributed by atoms with Crippen LogP contribution in [0.5, 0.6) is 0 Å². The van der Waals surface area contributed by atoms with Crippen LogP contribution >= 0.6 is 0 Å². The minimum atomic E-state index is -0.0946. The maximum Gasteiger partial charge on any atom is 0.269 e. The van der Waals surface area contributed by atoms with Crippen LogP contribution in [0.25, 0.3) is 0 Å². The van der Waals surface area contributed by atoms with E-state index in [2.05, 4.69) is 46.4 Å². The molecule has 1 aromatic carbocycles.